The number of amides is 1. The van der Waals surface area contributed by atoms with Crippen LogP contribution in [-0.4, -0.2) is 23.6 Å². The predicted molar refractivity (Wildman–Crippen MR) is 69.9 cm³/mol. The zero-order valence-electron chi connectivity index (χ0n) is 10.1. The van der Waals surface area contributed by atoms with Crippen molar-refractivity contribution in [2.75, 3.05) is 6.54 Å². The Balaban J connectivity index is 0.00000289. The van der Waals surface area contributed by atoms with Crippen molar-refractivity contribution in [3.05, 3.63) is 35.6 Å². The fourth-order valence-electron chi connectivity index (χ4n) is 1.43. The Hall–Kier alpha value is -1.17. The van der Waals surface area contributed by atoms with E-state index < -0.39 is 11.9 Å². The lowest BCUT2D eigenvalue weighted by Gasteiger charge is -2.13. The van der Waals surface area contributed by atoms with Crippen LogP contribution in [0.25, 0.3) is 0 Å². The second-order valence-electron chi connectivity index (χ2n) is 4.02. The molecule has 0 saturated heterocycles. The summed E-state index contributed by atoms with van der Waals surface area (Å²) >= 11 is 0. The molecule has 0 saturated carbocycles. The van der Waals surface area contributed by atoms with Gasteiger partial charge >= 0.3 is 0 Å². The van der Waals surface area contributed by atoms with Gasteiger partial charge in [-0.1, -0.05) is 18.2 Å². The second-order valence-corrected chi connectivity index (χ2v) is 4.02. The van der Waals surface area contributed by atoms with E-state index in [1.54, 1.807) is 19.1 Å². The predicted octanol–water partition coefficient (Wildman–Crippen LogP) is 1.13. The minimum absolute atomic E-state index is 0. The highest BCUT2D eigenvalue weighted by atomic mass is 35.5. The molecule has 0 aliphatic rings. The molecule has 1 aromatic rings. The summed E-state index contributed by atoms with van der Waals surface area (Å²) in [6, 6.07) is 5.69. The van der Waals surface area contributed by atoms with E-state index in [0.29, 0.717) is 0 Å². The normalized spacial score (nSPS) is 13.3. The molecular weight excluding hydrogens is 259 g/mol. The summed E-state index contributed by atoms with van der Waals surface area (Å²) in [5.41, 5.74) is 5.63. The molecule has 0 radical (unpaired) electrons. The van der Waals surface area contributed by atoms with Gasteiger partial charge in [-0.2, -0.15) is 0 Å². The highest BCUT2D eigenvalue weighted by molar-refractivity contribution is 5.85. The second kappa shape index (κ2) is 8.02. The van der Waals surface area contributed by atoms with Crippen molar-refractivity contribution in [1.82, 2.24) is 5.32 Å². The van der Waals surface area contributed by atoms with Crippen molar-refractivity contribution >= 4 is 18.3 Å². The number of aliphatic hydroxyl groups is 1. The molecule has 0 spiro atoms. The monoisotopic (exact) mass is 276 g/mol. The fourth-order valence-corrected chi connectivity index (χ4v) is 1.43. The molecular formula is C12H18ClFN2O2. The summed E-state index contributed by atoms with van der Waals surface area (Å²) in [5.74, 6) is -0.739. The third kappa shape index (κ3) is 5.44. The van der Waals surface area contributed by atoms with Crippen molar-refractivity contribution in [2.45, 2.75) is 25.5 Å². The molecule has 4 N–H and O–H groups in total. The summed E-state index contributed by atoms with van der Waals surface area (Å²) < 4.78 is 13.3. The first-order chi connectivity index (χ1) is 8.00. The van der Waals surface area contributed by atoms with Crippen LogP contribution in [0, 0.1) is 5.82 Å². The Morgan fingerprint density at radius 3 is 2.67 bits per heavy atom. The molecule has 0 aliphatic heterocycles. The van der Waals surface area contributed by atoms with Gasteiger partial charge in [0.2, 0.25) is 5.91 Å². The number of benzene rings is 1. The summed E-state index contributed by atoms with van der Waals surface area (Å²) in [6.45, 7) is 1.69. The van der Waals surface area contributed by atoms with Gasteiger partial charge in [0.25, 0.3) is 0 Å². The molecule has 1 amide bonds. The highest BCUT2D eigenvalue weighted by Crippen LogP contribution is 2.15. The van der Waals surface area contributed by atoms with E-state index in [1.165, 1.54) is 12.1 Å². The van der Waals surface area contributed by atoms with Gasteiger partial charge in [-0.05, 0) is 13.0 Å². The minimum Gasteiger partial charge on any atom is -0.386 e. The van der Waals surface area contributed by atoms with Crippen molar-refractivity contribution in [2.24, 2.45) is 5.73 Å². The van der Waals surface area contributed by atoms with Gasteiger partial charge in [0.1, 0.15) is 5.82 Å². The Morgan fingerprint density at radius 1 is 1.50 bits per heavy atom. The maximum atomic E-state index is 13.3. The number of nitrogens with one attached hydrogen (secondary N) is 1. The maximum absolute atomic E-state index is 13.3. The topological polar surface area (TPSA) is 75.4 Å². The number of nitrogens with two attached hydrogens (primary N) is 1. The zero-order valence-corrected chi connectivity index (χ0v) is 10.9. The molecule has 2 unspecified atom stereocenters. The van der Waals surface area contributed by atoms with Crippen LogP contribution in [0.5, 0.6) is 0 Å². The molecule has 18 heavy (non-hydrogen) atoms. The van der Waals surface area contributed by atoms with Crippen LogP contribution in [0.4, 0.5) is 4.39 Å². The van der Waals surface area contributed by atoms with Crippen LogP contribution in [0.2, 0.25) is 0 Å². The van der Waals surface area contributed by atoms with Crippen molar-refractivity contribution in [3.63, 3.8) is 0 Å². The fraction of sp³-hybridized carbons (Fsp3) is 0.417. The summed E-state index contributed by atoms with van der Waals surface area (Å²) in [6.07, 6.45) is -0.863. The molecule has 6 heteroatoms. The Kier molecular flexibility index (Phi) is 7.50. The Morgan fingerprint density at radius 2 is 2.11 bits per heavy atom. The van der Waals surface area contributed by atoms with Gasteiger partial charge < -0.3 is 16.2 Å². The molecule has 1 rings (SSSR count). The van der Waals surface area contributed by atoms with E-state index in [-0.39, 0.29) is 42.9 Å². The third-order valence-electron chi connectivity index (χ3n) is 2.26. The van der Waals surface area contributed by atoms with Gasteiger partial charge in [0.05, 0.1) is 6.10 Å². The van der Waals surface area contributed by atoms with E-state index >= 15 is 0 Å². The van der Waals surface area contributed by atoms with E-state index in [2.05, 4.69) is 5.32 Å². The van der Waals surface area contributed by atoms with Gasteiger partial charge in [-0.15, -0.1) is 12.4 Å². The van der Waals surface area contributed by atoms with Crippen LogP contribution in [0.1, 0.15) is 25.0 Å². The number of carbonyl (C=O) groups excluding carboxylic acids is 1. The van der Waals surface area contributed by atoms with Crippen molar-refractivity contribution in [1.29, 1.82) is 0 Å². The van der Waals surface area contributed by atoms with Crippen LogP contribution in [0.3, 0.4) is 0 Å². The lowest BCUT2D eigenvalue weighted by atomic mass is 10.1. The minimum atomic E-state index is -1.05. The molecule has 0 aliphatic carbocycles. The van der Waals surface area contributed by atoms with E-state index in [4.69, 9.17) is 5.73 Å². The van der Waals surface area contributed by atoms with E-state index in [9.17, 15) is 14.3 Å². The molecule has 0 heterocycles. The van der Waals surface area contributed by atoms with Gasteiger partial charge in [0.15, 0.2) is 0 Å². The number of hydrogen-bond donors (Lipinski definition) is 3. The Bertz CT molecular complexity index is 388. The van der Waals surface area contributed by atoms with Crippen LogP contribution in [-0.2, 0) is 4.79 Å². The third-order valence-corrected chi connectivity index (χ3v) is 2.26. The molecule has 2 atom stereocenters. The number of halogens is 2. The van der Waals surface area contributed by atoms with Gasteiger partial charge in [-0.3, -0.25) is 4.79 Å². The maximum Gasteiger partial charge on any atom is 0.221 e. The molecule has 102 valence electrons. The van der Waals surface area contributed by atoms with Crippen molar-refractivity contribution in [3.8, 4) is 0 Å². The van der Waals surface area contributed by atoms with Gasteiger partial charge in [0, 0.05) is 24.6 Å². The molecule has 0 fully saturated rings. The standard InChI is InChI=1S/C12H17FN2O2.ClH/c1-8(14)6-12(17)15-7-11(16)9-4-2-3-5-10(9)13;/h2-5,8,11,16H,6-7,14H2,1H3,(H,15,17);1H. The van der Waals surface area contributed by atoms with Crippen molar-refractivity contribution < 1.29 is 14.3 Å². The average Bonchev–Trinajstić information content (AvgIpc) is 2.25. The zero-order chi connectivity index (χ0) is 12.8. The first kappa shape index (κ1) is 16.8. The largest absolute Gasteiger partial charge is 0.386 e. The number of rotatable bonds is 5. The summed E-state index contributed by atoms with van der Waals surface area (Å²) in [4.78, 5) is 11.3. The van der Waals surface area contributed by atoms with Crippen LogP contribution < -0.4 is 11.1 Å². The van der Waals surface area contributed by atoms with Crippen LogP contribution in [0.15, 0.2) is 24.3 Å². The summed E-state index contributed by atoms with van der Waals surface area (Å²) in [7, 11) is 0. The van der Waals surface area contributed by atoms with Gasteiger partial charge in [-0.25, -0.2) is 4.39 Å². The SMILES string of the molecule is CC(N)CC(=O)NCC(O)c1ccccc1F.Cl. The number of carbonyl (C=O) groups is 1. The Labute approximate surface area is 112 Å². The highest BCUT2D eigenvalue weighted by Gasteiger charge is 2.13. The van der Waals surface area contributed by atoms with Crippen LogP contribution >= 0.6 is 12.4 Å². The number of hydrogen-bond acceptors (Lipinski definition) is 3. The molecule has 1 aromatic carbocycles. The van der Waals surface area contributed by atoms with E-state index in [0.717, 1.165) is 0 Å². The average molecular weight is 277 g/mol. The summed E-state index contributed by atoms with van der Waals surface area (Å²) in [5, 5.41) is 12.2. The number of aliphatic hydroxyl groups excluding tert-OH is 1. The lowest BCUT2D eigenvalue weighted by molar-refractivity contribution is -0.121. The first-order valence-corrected chi connectivity index (χ1v) is 5.45. The lowest BCUT2D eigenvalue weighted by Crippen LogP contribution is -2.32. The quantitative estimate of drug-likeness (QED) is 0.755. The smallest absolute Gasteiger partial charge is 0.221 e. The van der Waals surface area contributed by atoms with E-state index in [1.807, 2.05) is 0 Å². The molecule has 0 aromatic heterocycles. The molecule has 0 bridgehead atoms. The first-order valence-electron chi connectivity index (χ1n) is 5.45. The molecule has 4 nitrogen and oxygen atoms in total.